The normalized spacial score (nSPS) is 10.5. The lowest BCUT2D eigenvalue weighted by atomic mass is 10.2. The van der Waals surface area contributed by atoms with E-state index in [1.807, 2.05) is 12.1 Å². The van der Waals surface area contributed by atoms with Crippen LogP contribution in [0.2, 0.25) is 0 Å². The maximum absolute atomic E-state index is 5.57. The minimum absolute atomic E-state index is 0.896. The van der Waals surface area contributed by atoms with E-state index in [0.29, 0.717) is 0 Å². The zero-order valence-electron chi connectivity index (χ0n) is 14.1. The van der Waals surface area contributed by atoms with Crippen molar-refractivity contribution in [2.45, 2.75) is 11.5 Å². The average molecular weight is 411 g/mol. The molecule has 3 rings (SSSR count). The van der Waals surface area contributed by atoms with Crippen LogP contribution in [-0.2, 0) is 11.5 Å². The smallest absolute Gasteiger partial charge is 0.0781 e. The van der Waals surface area contributed by atoms with E-state index >= 15 is 0 Å². The molecule has 0 radical (unpaired) electrons. The molecular weight excluding hydrogens is 393 g/mol. The molecule has 0 unspecified atom stereocenters. The third kappa shape index (κ3) is 5.78. The summed E-state index contributed by atoms with van der Waals surface area (Å²) in [6.45, 7) is 0. The van der Waals surface area contributed by atoms with Crippen LogP contribution >= 0.6 is 48.0 Å². The topological polar surface area (TPSA) is 0 Å². The Labute approximate surface area is 174 Å². The van der Waals surface area contributed by atoms with Gasteiger partial charge in [0, 0.05) is 11.5 Å². The fourth-order valence-electron chi connectivity index (χ4n) is 2.36. The molecule has 0 N–H and O–H groups in total. The van der Waals surface area contributed by atoms with Crippen molar-refractivity contribution < 1.29 is 0 Å². The highest BCUT2D eigenvalue weighted by molar-refractivity contribution is 8.23. The first kappa shape index (κ1) is 19.3. The van der Waals surface area contributed by atoms with Crippen molar-refractivity contribution in [1.29, 1.82) is 0 Å². The van der Waals surface area contributed by atoms with Crippen molar-refractivity contribution in [2.75, 3.05) is 0 Å². The Kier molecular flexibility index (Phi) is 7.44. The largest absolute Gasteiger partial charge is 0.109 e. The second-order valence-corrected chi connectivity index (χ2v) is 9.01. The van der Waals surface area contributed by atoms with E-state index in [2.05, 4.69) is 72.8 Å². The van der Waals surface area contributed by atoms with Crippen molar-refractivity contribution >= 4 is 56.4 Å². The molecule has 3 aromatic rings. The molecule has 0 bridgehead atoms. The van der Waals surface area contributed by atoms with Crippen molar-refractivity contribution in [3.05, 3.63) is 107 Å². The number of thiocarbonyl (C=S) groups is 2. The Morgan fingerprint density at radius 2 is 0.885 bits per heavy atom. The van der Waals surface area contributed by atoms with Gasteiger partial charge in [0.15, 0.2) is 0 Å². The van der Waals surface area contributed by atoms with Crippen LogP contribution < -0.4 is 0 Å². The van der Waals surface area contributed by atoms with Crippen molar-refractivity contribution in [1.82, 2.24) is 0 Å². The molecule has 0 spiro atoms. The number of hydrogen-bond donors (Lipinski definition) is 0. The molecule has 130 valence electrons. The van der Waals surface area contributed by atoms with Gasteiger partial charge >= 0.3 is 0 Å². The minimum atomic E-state index is 0.896. The minimum Gasteiger partial charge on any atom is -0.109 e. The molecule has 0 saturated carbocycles. The zero-order valence-corrected chi connectivity index (χ0v) is 17.4. The van der Waals surface area contributed by atoms with Gasteiger partial charge < -0.3 is 0 Å². The van der Waals surface area contributed by atoms with Crippen LogP contribution in [-0.4, -0.2) is 8.39 Å². The van der Waals surface area contributed by atoms with E-state index in [1.54, 1.807) is 23.5 Å². The number of rotatable bonds is 6. The molecule has 0 saturated heterocycles. The van der Waals surface area contributed by atoms with Gasteiger partial charge in [0.25, 0.3) is 0 Å². The van der Waals surface area contributed by atoms with Gasteiger partial charge in [0.1, 0.15) is 0 Å². The van der Waals surface area contributed by atoms with E-state index in [0.717, 1.165) is 31.0 Å². The molecule has 0 aromatic heterocycles. The summed E-state index contributed by atoms with van der Waals surface area (Å²) in [5, 5.41) is 0. The molecular formula is C22H18S4. The fourth-order valence-corrected chi connectivity index (χ4v) is 4.57. The Morgan fingerprint density at radius 3 is 1.23 bits per heavy atom. The van der Waals surface area contributed by atoms with Gasteiger partial charge in [-0.05, 0) is 22.3 Å². The fraction of sp³-hybridized carbons (Fsp3) is 0.0909. The first-order valence-electron chi connectivity index (χ1n) is 8.24. The summed E-state index contributed by atoms with van der Waals surface area (Å²) in [7, 11) is 0. The summed E-state index contributed by atoms with van der Waals surface area (Å²) in [6.07, 6.45) is 0. The highest BCUT2D eigenvalue weighted by Crippen LogP contribution is 2.22. The molecule has 0 fully saturated rings. The zero-order chi connectivity index (χ0) is 18.2. The Morgan fingerprint density at radius 1 is 0.538 bits per heavy atom. The Hall–Kier alpha value is -1.46. The monoisotopic (exact) mass is 410 g/mol. The molecule has 4 heteroatoms. The molecule has 0 atom stereocenters. The first-order chi connectivity index (χ1) is 12.7. The van der Waals surface area contributed by atoms with Crippen LogP contribution in [0, 0.1) is 0 Å². The molecule has 0 aliphatic carbocycles. The molecule has 0 aliphatic rings. The van der Waals surface area contributed by atoms with Gasteiger partial charge in [0.2, 0.25) is 0 Å². The van der Waals surface area contributed by atoms with Crippen molar-refractivity contribution in [2.24, 2.45) is 0 Å². The van der Waals surface area contributed by atoms with Crippen LogP contribution in [0.5, 0.6) is 0 Å². The summed E-state index contributed by atoms with van der Waals surface area (Å²) in [6, 6.07) is 29.1. The van der Waals surface area contributed by atoms with E-state index in [4.69, 9.17) is 24.4 Å². The Balaban J connectivity index is 1.53. The van der Waals surface area contributed by atoms with E-state index in [9.17, 15) is 0 Å². The summed E-state index contributed by atoms with van der Waals surface area (Å²) in [4.78, 5) is 0. The van der Waals surface area contributed by atoms with Crippen LogP contribution in [0.15, 0.2) is 84.9 Å². The van der Waals surface area contributed by atoms with Gasteiger partial charge in [-0.25, -0.2) is 0 Å². The predicted molar refractivity (Wildman–Crippen MR) is 125 cm³/mol. The second-order valence-electron chi connectivity index (χ2n) is 5.70. The molecule has 0 amide bonds. The van der Waals surface area contributed by atoms with Crippen molar-refractivity contribution in [3.63, 3.8) is 0 Å². The second kappa shape index (κ2) is 10.0. The lowest BCUT2D eigenvalue weighted by molar-refractivity contribution is 1.42. The molecule has 0 heterocycles. The lowest BCUT2D eigenvalue weighted by Gasteiger charge is -2.07. The van der Waals surface area contributed by atoms with Crippen LogP contribution in [0.4, 0.5) is 0 Å². The summed E-state index contributed by atoms with van der Waals surface area (Å²) < 4.78 is 1.84. The van der Waals surface area contributed by atoms with E-state index in [1.165, 1.54) is 11.1 Å². The third-order valence-electron chi connectivity index (χ3n) is 3.78. The Bertz CT molecular complexity index is 781. The lowest BCUT2D eigenvalue weighted by Crippen LogP contribution is -1.96. The average Bonchev–Trinajstić information content (AvgIpc) is 2.72. The molecule has 0 nitrogen and oxygen atoms in total. The third-order valence-corrected chi connectivity index (χ3v) is 6.91. The number of thioether (sulfide) groups is 2. The van der Waals surface area contributed by atoms with Crippen LogP contribution in [0.3, 0.4) is 0 Å². The van der Waals surface area contributed by atoms with Crippen LogP contribution in [0.1, 0.15) is 22.3 Å². The molecule has 0 aliphatic heterocycles. The summed E-state index contributed by atoms with van der Waals surface area (Å²) in [5.74, 6) is 1.79. The van der Waals surface area contributed by atoms with E-state index < -0.39 is 0 Å². The maximum Gasteiger partial charge on any atom is 0.0781 e. The number of hydrogen-bond acceptors (Lipinski definition) is 4. The standard InChI is InChI=1S/C22H18S4/c23-21(25-15-17-7-3-1-4-8-17)19-11-13-20(14-12-19)22(24)26-16-18-9-5-2-6-10-18/h1-14H,15-16H2. The maximum atomic E-state index is 5.57. The SMILES string of the molecule is S=C(SCc1ccccc1)c1ccc(C(=S)SCc2ccccc2)cc1. The summed E-state index contributed by atoms with van der Waals surface area (Å²) >= 11 is 14.5. The van der Waals surface area contributed by atoms with Gasteiger partial charge in [-0.15, -0.1) is 23.5 Å². The van der Waals surface area contributed by atoms with Crippen LogP contribution in [0.25, 0.3) is 0 Å². The quantitative estimate of drug-likeness (QED) is 0.405. The van der Waals surface area contributed by atoms with Gasteiger partial charge in [0.05, 0.1) is 8.39 Å². The molecule has 26 heavy (non-hydrogen) atoms. The number of benzene rings is 3. The predicted octanol–water partition coefficient (Wildman–Crippen LogP) is 6.90. The van der Waals surface area contributed by atoms with E-state index in [-0.39, 0.29) is 0 Å². The van der Waals surface area contributed by atoms with Gasteiger partial charge in [-0.3, -0.25) is 0 Å². The highest BCUT2D eigenvalue weighted by Gasteiger charge is 2.06. The van der Waals surface area contributed by atoms with Crippen molar-refractivity contribution in [3.8, 4) is 0 Å². The summed E-state index contributed by atoms with van der Waals surface area (Å²) in [5.41, 5.74) is 4.74. The first-order valence-corrected chi connectivity index (χ1v) is 11.0. The highest BCUT2D eigenvalue weighted by atomic mass is 32.2. The molecule has 3 aromatic carbocycles. The van der Waals surface area contributed by atoms with Gasteiger partial charge in [-0.1, -0.05) is 109 Å². The van der Waals surface area contributed by atoms with Gasteiger partial charge in [-0.2, -0.15) is 0 Å².